The number of benzene rings is 1. The lowest BCUT2D eigenvalue weighted by Crippen LogP contribution is -2.48. The molecule has 0 radical (unpaired) electrons. The normalized spacial score (nSPS) is 25.3. The number of carbonyl (C=O) groups excluding carboxylic acids is 1. The fourth-order valence-corrected chi connectivity index (χ4v) is 3.16. The summed E-state index contributed by atoms with van der Waals surface area (Å²) in [6.07, 6.45) is 0.516. The van der Waals surface area contributed by atoms with E-state index in [0.717, 1.165) is 32.8 Å². The van der Waals surface area contributed by atoms with Gasteiger partial charge in [0.25, 0.3) is 0 Å². The van der Waals surface area contributed by atoms with Crippen LogP contribution in [0.4, 0.5) is 0 Å². The van der Waals surface area contributed by atoms with Crippen LogP contribution in [0.1, 0.15) is 12.0 Å². The fraction of sp³-hybridized carbons (Fsp3) is 0.611. The summed E-state index contributed by atoms with van der Waals surface area (Å²) >= 11 is 0. The minimum atomic E-state index is 0.0572. The average Bonchev–Trinajstić information content (AvgIpc) is 2.62. The van der Waals surface area contributed by atoms with E-state index in [1.165, 1.54) is 5.56 Å². The molecular weight excluding hydrogens is 306 g/mol. The van der Waals surface area contributed by atoms with E-state index < -0.39 is 0 Å². The molecule has 2 unspecified atom stereocenters. The molecule has 24 heavy (non-hydrogen) atoms. The molecule has 0 bridgehead atoms. The summed E-state index contributed by atoms with van der Waals surface area (Å²) in [5.41, 5.74) is 1.31. The van der Waals surface area contributed by atoms with E-state index in [1.54, 1.807) is 0 Å². The second-order valence-electron chi connectivity index (χ2n) is 6.45. The van der Waals surface area contributed by atoms with E-state index in [9.17, 15) is 4.79 Å². The monoisotopic (exact) mass is 333 g/mol. The lowest BCUT2D eigenvalue weighted by Gasteiger charge is -2.33. The fourth-order valence-electron chi connectivity index (χ4n) is 3.16. The van der Waals surface area contributed by atoms with Gasteiger partial charge in [-0.25, -0.2) is 0 Å². The number of hydrogen-bond donors (Lipinski definition) is 2. The van der Waals surface area contributed by atoms with Crippen LogP contribution in [0.3, 0.4) is 0 Å². The Morgan fingerprint density at radius 2 is 2.17 bits per heavy atom. The van der Waals surface area contributed by atoms with Gasteiger partial charge in [-0.3, -0.25) is 9.69 Å². The topological polar surface area (TPSA) is 62.8 Å². The number of rotatable bonds is 6. The molecule has 2 aliphatic heterocycles. The molecule has 1 aromatic carbocycles. The number of amides is 1. The molecule has 2 heterocycles. The van der Waals surface area contributed by atoms with Crippen molar-refractivity contribution in [3.63, 3.8) is 0 Å². The summed E-state index contributed by atoms with van der Waals surface area (Å²) in [4.78, 5) is 14.4. The molecule has 0 spiro atoms. The molecule has 3 rings (SSSR count). The van der Waals surface area contributed by atoms with Crippen LogP contribution in [0.15, 0.2) is 30.3 Å². The molecule has 6 heteroatoms. The summed E-state index contributed by atoms with van der Waals surface area (Å²) in [6.45, 7) is 6.14. The van der Waals surface area contributed by atoms with Crippen LogP contribution in [0.25, 0.3) is 0 Å². The van der Waals surface area contributed by atoms with E-state index >= 15 is 0 Å². The number of morpholine rings is 2. The third kappa shape index (κ3) is 5.56. The Bertz CT molecular complexity index is 505. The Morgan fingerprint density at radius 1 is 1.29 bits per heavy atom. The highest BCUT2D eigenvalue weighted by molar-refractivity contribution is 5.76. The first-order valence-electron chi connectivity index (χ1n) is 8.75. The first-order valence-corrected chi connectivity index (χ1v) is 8.75. The zero-order valence-electron chi connectivity index (χ0n) is 14.1. The van der Waals surface area contributed by atoms with Gasteiger partial charge in [-0.1, -0.05) is 30.3 Å². The van der Waals surface area contributed by atoms with Crippen LogP contribution >= 0.6 is 0 Å². The van der Waals surface area contributed by atoms with Crippen LogP contribution in [0, 0.1) is 0 Å². The third-order valence-corrected chi connectivity index (χ3v) is 4.43. The molecule has 1 amide bonds. The lowest BCUT2D eigenvalue weighted by atomic mass is 10.1. The Labute approximate surface area is 143 Å². The van der Waals surface area contributed by atoms with Crippen molar-refractivity contribution in [3.8, 4) is 0 Å². The van der Waals surface area contributed by atoms with Gasteiger partial charge in [-0.15, -0.1) is 0 Å². The number of nitrogens with zero attached hydrogens (tertiary/aromatic N) is 1. The van der Waals surface area contributed by atoms with Gasteiger partial charge in [0.05, 0.1) is 25.9 Å². The van der Waals surface area contributed by atoms with Gasteiger partial charge in [0.15, 0.2) is 0 Å². The van der Waals surface area contributed by atoms with Gasteiger partial charge < -0.3 is 20.1 Å². The van der Waals surface area contributed by atoms with E-state index in [2.05, 4.69) is 39.8 Å². The van der Waals surface area contributed by atoms with E-state index in [-0.39, 0.29) is 18.1 Å². The third-order valence-electron chi connectivity index (χ3n) is 4.43. The number of ether oxygens (including phenoxy) is 2. The van der Waals surface area contributed by atoms with Gasteiger partial charge in [0.2, 0.25) is 5.91 Å². The average molecular weight is 333 g/mol. The maximum Gasteiger partial charge on any atom is 0.221 e. The van der Waals surface area contributed by atoms with Crippen molar-refractivity contribution in [2.24, 2.45) is 0 Å². The second kappa shape index (κ2) is 9.13. The van der Waals surface area contributed by atoms with Gasteiger partial charge in [-0.2, -0.15) is 0 Å². The van der Waals surface area contributed by atoms with Gasteiger partial charge in [0, 0.05) is 45.2 Å². The summed E-state index contributed by atoms with van der Waals surface area (Å²) in [6, 6.07) is 10.6. The van der Waals surface area contributed by atoms with E-state index in [4.69, 9.17) is 9.47 Å². The molecule has 132 valence electrons. The molecule has 2 atom stereocenters. The summed E-state index contributed by atoms with van der Waals surface area (Å²) in [5, 5.41) is 6.29. The highest BCUT2D eigenvalue weighted by Crippen LogP contribution is 2.10. The zero-order chi connectivity index (χ0) is 16.6. The largest absolute Gasteiger partial charge is 0.378 e. The van der Waals surface area contributed by atoms with Crippen LogP contribution in [-0.2, 0) is 20.8 Å². The molecule has 2 fully saturated rings. The minimum absolute atomic E-state index is 0.0572. The highest BCUT2D eigenvalue weighted by Gasteiger charge is 2.22. The van der Waals surface area contributed by atoms with Crippen LogP contribution < -0.4 is 10.6 Å². The van der Waals surface area contributed by atoms with Crippen molar-refractivity contribution in [2.45, 2.75) is 25.1 Å². The number of hydrogen-bond acceptors (Lipinski definition) is 5. The lowest BCUT2D eigenvalue weighted by molar-refractivity contribution is -0.123. The van der Waals surface area contributed by atoms with Crippen molar-refractivity contribution in [1.82, 2.24) is 15.5 Å². The Kier molecular flexibility index (Phi) is 6.60. The second-order valence-corrected chi connectivity index (χ2v) is 6.45. The SMILES string of the molecule is O=C(CC1COCCN1)NCC1CN(Cc2ccccc2)CCO1. The smallest absolute Gasteiger partial charge is 0.221 e. The Balaban J connectivity index is 1.38. The zero-order valence-corrected chi connectivity index (χ0v) is 14.1. The predicted molar refractivity (Wildman–Crippen MR) is 91.7 cm³/mol. The number of nitrogens with one attached hydrogen (secondary N) is 2. The maximum atomic E-state index is 12.1. The van der Waals surface area contributed by atoms with Crippen molar-refractivity contribution in [3.05, 3.63) is 35.9 Å². The predicted octanol–water partition coefficient (Wildman–Crippen LogP) is 0.382. The Morgan fingerprint density at radius 3 is 2.96 bits per heavy atom. The first kappa shape index (κ1) is 17.4. The van der Waals surface area contributed by atoms with Crippen molar-refractivity contribution in [2.75, 3.05) is 46.0 Å². The van der Waals surface area contributed by atoms with Gasteiger partial charge in [-0.05, 0) is 5.56 Å². The van der Waals surface area contributed by atoms with Crippen molar-refractivity contribution < 1.29 is 14.3 Å². The van der Waals surface area contributed by atoms with Crippen molar-refractivity contribution >= 4 is 5.91 Å². The first-order chi connectivity index (χ1) is 11.8. The molecule has 0 aliphatic carbocycles. The minimum Gasteiger partial charge on any atom is -0.378 e. The maximum absolute atomic E-state index is 12.1. The van der Waals surface area contributed by atoms with Gasteiger partial charge >= 0.3 is 0 Å². The van der Waals surface area contributed by atoms with Crippen molar-refractivity contribution in [1.29, 1.82) is 0 Å². The molecule has 2 aliphatic rings. The summed E-state index contributed by atoms with van der Waals surface area (Å²) in [5.74, 6) is 0.0572. The standard InChI is InChI=1S/C18H27N3O3/c22-18(10-16-14-23-8-6-19-16)20-11-17-13-21(7-9-24-17)12-15-4-2-1-3-5-15/h1-5,16-17,19H,6-14H2,(H,20,22). The quantitative estimate of drug-likeness (QED) is 0.788. The molecule has 0 saturated carbocycles. The van der Waals surface area contributed by atoms with Crippen LogP contribution in [0.2, 0.25) is 0 Å². The molecule has 0 aromatic heterocycles. The van der Waals surface area contributed by atoms with Crippen LogP contribution in [0.5, 0.6) is 0 Å². The Hall–Kier alpha value is -1.47. The van der Waals surface area contributed by atoms with Gasteiger partial charge in [0.1, 0.15) is 0 Å². The summed E-state index contributed by atoms with van der Waals surface area (Å²) < 4.78 is 11.2. The molecule has 1 aromatic rings. The molecule has 2 N–H and O–H groups in total. The summed E-state index contributed by atoms with van der Waals surface area (Å²) in [7, 11) is 0. The molecular formula is C18H27N3O3. The number of carbonyl (C=O) groups is 1. The van der Waals surface area contributed by atoms with Crippen LogP contribution in [-0.4, -0.2) is 69.0 Å². The van der Waals surface area contributed by atoms with E-state index in [0.29, 0.717) is 26.2 Å². The highest BCUT2D eigenvalue weighted by atomic mass is 16.5. The van der Waals surface area contributed by atoms with E-state index in [1.807, 2.05) is 6.07 Å². The molecule has 2 saturated heterocycles. The molecule has 6 nitrogen and oxygen atoms in total.